The Hall–Kier alpha value is -3.98. The lowest BCUT2D eigenvalue weighted by atomic mass is 9.99. The van der Waals surface area contributed by atoms with Crippen LogP contribution in [0.25, 0.3) is 11.4 Å². The molecule has 1 atom stereocenters. The van der Waals surface area contributed by atoms with Crippen LogP contribution in [0, 0.1) is 6.92 Å². The summed E-state index contributed by atoms with van der Waals surface area (Å²) in [5, 5.41) is 13.1. The van der Waals surface area contributed by atoms with Gasteiger partial charge in [-0.15, -0.1) is 16.4 Å². The number of ether oxygens (including phenoxy) is 1. The predicted octanol–water partition coefficient (Wildman–Crippen LogP) is 4.65. The number of hydrogen-bond acceptors (Lipinski definition) is 7. The molecule has 1 aliphatic rings. The minimum Gasteiger partial charge on any atom is -0.497 e. The molecule has 166 valence electrons. The Bertz CT molecular complexity index is 1340. The van der Waals surface area contributed by atoms with Crippen LogP contribution in [0.1, 0.15) is 23.4 Å². The van der Waals surface area contributed by atoms with Crippen LogP contribution in [0.4, 0.5) is 11.6 Å². The van der Waals surface area contributed by atoms with Crippen LogP contribution in [0.3, 0.4) is 0 Å². The Morgan fingerprint density at radius 2 is 2.00 bits per heavy atom. The standard InChI is InChI=1S/C24H22N6O2S/c1-14-10-12-33-21(14)20-19(23(31)27-17-5-4-11-25-13-17)15(2)26-24-28-22(29-30(20)24)16-6-8-18(32-3)9-7-16/h4-13,20H,1-3H3,(H,27,31)(H,26,28,29). The predicted molar refractivity (Wildman–Crippen MR) is 128 cm³/mol. The summed E-state index contributed by atoms with van der Waals surface area (Å²) in [6, 6.07) is 12.8. The maximum Gasteiger partial charge on any atom is 0.255 e. The quantitative estimate of drug-likeness (QED) is 0.452. The molecule has 1 unspecified atom stereocenters. The summed E-state index contributed by atoms with van der Waals surface area (Å²) in [6.07, 6.45) is 3.29. The molecule has 4 heterocycles. The van der Waals surface area contributed by atoms with Gasteiger partial charge in [-0.1, -0.05) is 0 Å². The number of amides is 1. The normalized spacial score (nSPS) is 15.1. The van der Waals surface area contributed by atoms with Crippen molar-refractivity contribution in [3.8, 4) is 17.1 Å². The van der Waals surface area contributed by atoms with E-state index in [0.29, 0.717) is 23.0 Å². The van der Waals surface area contributed by atoms with Crippen LogP contribution >= 0.6 is 11.3 Å². The monoisotopic (exact) mass is 458 g/mol. The Morgan fingerprint density at radius 3 is 2.67 bits per heavy atom. The second-order valence-electron chi connectivity index (χ2n) is 7.66. The molecule has 1 aromatic carbocycles. The van der Waals surface area contributed by atoms with Crippen molar-refractivity contribution in [2.75, 3.05) is 17.7 Å². The molecular weight excluding hydrogens is 436 g/mol. The van der Waals surface area contributed by atoms with Crippen molar-refractivity contribution < 1.29 is 9.53 Å². The topological polar surface area (TPSA) is 94.0 Å². The average molecular weight is 459 g/mol. The molecule has 33 heavy (non-hydrogen) atoms. The van der Waals surface area contributed by atoms with Gasteiger partial charge in [0.15, 0.2) is 5.82 Å². The number of anilines is 2. The van der Waals surface area contributed by atoms with E-state index < -0.39 is 6.04 Å². The van der Waals surface area contributed by atoms with Gasteiger partial charge in [-0.2, -0.15) is 4.98 Å². The van der Waals surface area contributed by atoms with E-state index in [1.807, 2.05) is 49.6 Å². The first-order chi connectivity index (χ1) is 16.0. The molecule has 0 saturated heterocycles. The van der Waals surface area contributed by atoms with Gasteiger partial charge in [0.1, 0.15) is 11.8 Å². The zero-order chi connectivity index (χ0) is 22.9. The van der Waals surface area contributed by atoms with E-state index in [0.717, 1.165) is 27.5 Å². The summed E-state index contributed by atoms with van der Waals surface area (Å²) in [4.78, 5) is 23.3. The van der Waals surface area contributed by atoms with E-state index in [1.165, 1.54) is 0 Å². The second-order valence-corrected chi connectivity index (χ2v) is 8.61. The van der Waals surface area contributed by atoms with Gasteiger partial charge in [-0.25, -0.2) is 4.68 Å². The number of pyridine rings is 1. The number of thiophene rings is 1. The van der Waals surface area contributed by atoms with Crippen LogP contribution < -0.4 is 15.4 Å². The summed E-state index contributed by atoms with van der Waals surface area (Å²) >= 11 is 1.60. The Morgan fingerprint density at radius 1 is 1.18 bits per heavy atom. The highest BCUT2D eigenvalue weighted by Crippen LogP contribution is 2.40. The lowest BCUT2D eigenvalue weighted by Gasteiger charge is -2.28. The number of nitrogens with zero attached hydrogens (tertiary/aromatic N) is 4. The van der Waals surface area contributed by atoms with E-state index in [1.54, 1.807) is 41.6 Å². The van der Waals surface area contributed by atoms with Gasteiger partial charge in [0, 0.05) is 22.3 Å². The summed E-state index contributed by atoms with van der Waals surface area (Å²) < 4.78 is 7.05. The maximum absolute atomic E-state index is 13.4. The largest absolute Gasteiger partial charge is 0.497 e. The van der Waals surface area contributed by atoms with Crippen LogP contribution in [0.15, 0.2) is 71.5 Å². The fourth-order valence-corrected chi connectivity index (χ4v) is 4.87. The number of benzene rings is 1. The zero-order valence-corrected chi connectivity index (χ0v) is 19.2. The molecule has 5 rings (SSSR count). The zero-order valence-electron chi connectivity index (χ0n) is 18.4. The van der Waals surface area contributed by atoms with Crippen molar-refractivity contribution in [3.05, 3.63) is 81.9 Å². The highest BCUT2D eigenvalue weighted by atomic mass is 32.1. The summed E-state index contributed by atoms with van der Waals surface area (Å²) in [7, 11) is 1.63. The van der Waals surface area contributed by atoms with Crippen molar-refractivity contribution in [3.63, 3.8) is 0 Å². The summed E-state index contributed by atoms with van der Waals surface area (Å²) in [6.45, 7) is 3.93. The molecule has 0 spiro atoms. The van der Waals surface area contributed by atoms with E-state index in [4.69, 9.17) is 14.8 Å². The first kappa shape index (κ1) is 20.9. The number of aryl methyl sites for hydroxylation is 1. The van der Waals surface area contributed by atoms with Crippen LogP contribution in [0.2, 0.25) is 0 Å². The van der Waals surface area contributed by atoms with Gasteiger partial charge in [-0.3, -0.25) is 9.78 Å². The third-order valence-electron chi connectivity index (χ3n) is 5.51. The van der Waals surface area contributed by atoms with Gasteiger partial charge >= 0.3 is 0 Å². The number of fused-ring (bicyclic) bond motifs is 1. The average Bonchev–Trinajstić information content (AvgIpc) is 3.44. The van der Waals surface area contributed by atoms with Crippen molar-refractivity contribution in [2.24, 2.45) is 0 Å². The third-order valence-corrected chi connectivity index (χ3v) is 6.59. The molecule has 0 bridgehead atoms. The smallest absolute Gasteiger partial charge is 0.255 e. The van der Waals surface area contributed by atoms with E-state index in [9.17, 15) is 4.79 Å². The van der Waals surface area contributed by atoms with Crippen LogP contribution in [-0.4, -0.2) is 32.8 Å². The number of allylic oxidation sites excluding steroid dienone is 1. The van der Waals surface area contributed by atoms with Gasteiger partial charge in [-0.05, 0) is 67.3 Å². The third kappa shape index (κ3) is 3.87. The number of carbonyl (C=O) groups excluding carboxylic acids is 1. The fourth-order valence-electron chi connectivity index (χ4n) is 3.85. The number of carbonyl (C=O) groups is 1. The Labute approximate surface area is 195 Å². The Kier molecular flexibility index (Phi) is 5.39. The summed E-state index contributed by atoms with van der Waals surface area (Å²) in [5.41, 5.74) is 3.91. The maximum atomic E-state index is 13.4. The van der Waals surface area contributed by atoms with Gasteiger partial charge in [0.25, 0.3) is 5.91 Å². The minimum absolute atomic E-state index is 0.210. The number of aromatic nitrogens is 4. The van der Waals surface area contributed by atoms with Gasteiger partial charge < -0.3 is 15.4 Å². The molecule has 1 aliphatic heterocycles. The number of nitrogens with one attached hydrogen (secondary N) is 2. The summed E-state index contributed by atoms with van der Waals surface area (Å²) in [5.74, 6) is 1.72. The SMILES string of the molecule is COc1ccc(-c2nc3n(n2)C(c2sccc2C)C(C(=O)Nc2cccnc2)=C(C)N3)cc1. The van der Waals surface area contributed by atoms with E-state index in [-0.39, 0.29) is 5.91 Å². The number of hydrogen-bond donors (Lipinski definition) is 2. The van der Waals surface area contributed by atoms with E-state index >= 15 is 0 Å². The molecular formula is C24H22N6O2S. The highest BCUT2D eigenvalue weighted by Gasteiger charge is 2.36. The molecule has 1 amide bonds. The molecule has 0 radical (unpaired) electrons. The van der Waals surface area contributed by atoms with Crippen LogP contribution in [-0.2, 0) is 4.79 Å². The lowest BCUT2D eigenvalue weighted by molar-refractivity contribution is -0.113. The molecule has 9 heteroatoms. The molecule has 2 N–H and O–H groups in total. The minimum atomic E-state index is -0.405. The van der Waals surface area contributed by atoms with Gasteiger partial charge in [0.2, 0.25) is 5.95 Å². The van der Waals surface area contributed by atoms with E-state index in [2.05, 4.69) is 21.7 Å². The van der Waals surface area contributed by atoms with Gasteiger partial charge in [0.05, 0.1) is 24.6 Å². The van der Waals surface area contributed by atoms with Crippen molar-refractivity contribution in [1.82, 2.24) is 19.7 Å². The number of rotatable bonds is 5. The first-order valence-corrected chi connectivity index (χ1v) is 11.3. The fraction of sp³-hybridized carbons (Fsp3) is 0.167. The molecule has 4 aromatic rings. The lowest BCUT2D eigenvalue weighted by Crippen LogP contribution is -2.31. The molecule has 3 aromatic heterocycles. The van der Waals surface area contributed by atoms with Crippen molar-refractivity contribution >= 4 is 28.9 Å². The van der Waals surface area contributed by atoms with Crippen molar-refractivity contribution in [2.45, 2.75) is 19.9 Å². The molecule has 0 aliphatic carbocycles. The van der Waals surface area contributed by atoms with Crippen LogP contribution in [0.5, 0.6) is 5.75 Å². The molecule has 0 saturated carbocycles. The number of methoxy groups -OCH3 is 1. The first-order valence-electron chi connectivity index (χ1n) is 10.4. The van der Waals surface area contributed by atoms with Crippen molar-refractivity contribution in [1.29, 1.82) is 0 Å². The second kappa shape index (κ2) is 8.51. The molecule has 8 nitrogen and oxygen atoms in total. The highest BCUT2D eigenvalue weighted by molar-refractivity contribution is 7.10. The molecule has 0 fully saturated rings. The Balaban J connectivity index is 1.58.